The van der Waals surface area contributed by atoms with Gasteiger partial charge in [0.1, 0.15) is 11.6 Å². The van der Waals surface area contributed by atoms with Crippen LogP contribution >= 0.6 is 11.8 Å². The predicted molar refractivity (Wildman–Crippen MR) is 161 cm³/mol. The van der Waals surface area contributed by atoms with Crippen molar-refractivity contribution in [3.8, 4) is 6.07 Å². The summed E-state index contributed by atoms with van der Waals surface area (Å²) in [5.74, 6) is 1.01. The van der Waals surface area contributed by atoms with Crippen molar-refractivity contribution >= 4 is 23.2 Å². The molecule has 0 fully saturated rings. The molecule has 0 spiro atoms. The Balaban J connectivity index is 1.63. The fraction of sp³-hybridized carbons (Fsp3) is 0.294. The summed E-state index contributed by atoms with van der Waals surface area (Å²) in [6.07, 6.45) is 0.966. The first-order chi connectivity index (χ1) is 19.1. The van der Waals surface area contributed by atoms with Crippen molar-refractivity contribution in [1.82, 2.24) is 0 Å². The average molecular weight is 552 g/mol. The Hall–Kier alpha value is -3.82. The normalized spacial score (nSPS) is 18.6. The molecule has 6 heteroatoms. The van der Waals surface area contributed by atoms with Crippen molar-refractivity contribution in [1.29, 1.82) is 5.26 Å². The Kier molecular flexibility index (Phi) is 7.61. The lowest BCUT2D eigenvalue weighted by molar-refractivity contribution is -0.118. The Bertz CT molecular complexity index is 1580. The van der Waals surface area contributed by atoms with Crippen molar-refractivity contribution in [2.24, 2.45) is 11.1 Å². The van der Waals surface area contributed by atoms with E-state index in [1.165, 1.54) is 23.3 Å². The molecule has 0 radical (unpaired) electrons. The maximum atomic E-state index is 14.3. The van der Waals surface area contributed by atoms with Gasteiger partial charge in [-0.25, -0.2) is 4.39 Å². The first kappa shape index (κ1) is 27.7. The number of thioether (sulfide) groups is 1. The smallest absolute Gasteiger partial charge is 0.162 e. The van der Waals surface area contributed by atoms with Crippen LogP contribution in [0, 0.1) is 36.4 Å². The zero-order valence-electron chi connectivity index (χ0n) is 23.4. The van der Waals surface area contributed by atoms with Crippen LogP contribution in [-0.2, 0) is 16.3 Å². The average Bonchev–Trinajstić information content (AvgIpc) is 2.90. The number of carbonyl (C=O) groups is 1. The van der Waals surface area contributed by atoms with Crippen LogP contribution < -0.4 is 10.6 Å². The summed E-state index contributed by atoms with van der Waals surface area (Å²) in [5.41, 5.74) is 14.2. The van der Waals surface area contributed by atoms with Crippen molar-refractivity contribution in [2.75, 3.05) is 4.90 Å². The molecule has 0 saturated carbocycles. The molecule has 0 bridgehead atoms. The Morgan fingerprint density at radius 2 is 1.80 bits per heavy atom. The van der Waals surface area contributed by atoms with E-state index in [0.717, 1.165) is 33.9 Å². The first-order valence-corrected chi connectivity index (χ1v) is 14.7. The third-order valence-corrected chi connectivity index (χ3v) is 8.88. The molecule has 1 aliphatic carbocycles. The molecule has 0 saturated heterocycles. The highest BCUT2D eigenvalue weighted by Crippen LogP contribution is 2.51. The quantitative estimate of drug-likeness (QED) is 0.338. The molecule has 2 aliphatic rings. The number of carbonyl (C=O) groups excluding carboxylic acids is 1. The number of aryl methyl sites for hydroxylation is 1. The zero-order valence-corrected chi connectivity index (χ0v) is 24.2. The van der Waals surface area contributed by atoms with Crippen LogP contribution in [0.1, 0.15) is 60.4 Å². The van der Waals surface area contributed by atoms with Crippen molar-refractivity contribution in [3.05, 3.63) is 123 Å². The van der Waals surface area contributed by atoms with Gasteiger partial charge < -0.3 is 5.73 Å². The standard InChI is InChI=1S/C34H34FN3OS/c1-21-13-24(20-40-19-23-9-6-5-7-10-23)22(2)27(14-21)31-28(18-36)33(37)38(26-12-8-11-25(35)15-26)29-16-34(3,4)17-30(39)32(29)31/h5-15,31H,16-17,19-20,37H2,1-4H3. The van der Waals surface area contributed by atoms with Gasteiger partial charge in [0, 0.05) is 29.2 Å². The van der Waals surface area contributed by atoms with Crippen LogP contribution in [0.4, 0.5) is 10.1 Å². The third-order valence-electron chi connectivity index (χ3n) is 7.83. The summed E-state index contributed by atoms with van der Waals surface area (Å²) >= 11 is 1.84. The fourth-order valence-corrected chi connectivity index (χ4v) is 7.05. The van der Waals surface area contributed by atoms with E-state index < -0.39 is 11.7 Å². The molecular formula is C34H34FN3OS. The van der Waals surface area contributed by atoms with Gasteiger partial charge in [0.25, 0.3) is 0 Å². The molecule has 40 heavy (non-hydrogen) atoms. The van der Waals surface area contributed by atoms with Gasteiger partial charge in [-0.2, -0.15) is 17.0 Å². The van der Waals surface area contributed by atoms with Crippen LogP contribution in [0.3, 0.4) is 0 Å². The second-order valence-electron chi connectivity index (χ2n) is 11.6. The van der Waals surface area contributed by atoms with E-state index >= 15 is 0 Å². The number of hydrogen-bond acceptors (Lipinski definition) is 5. The second kappa shape index (κ2) is 11.0. The van der Waals surface area contributed by atoms with Gasteiger partial charge in [0.15, 0.2) is 5.78 Å². The van der Waals surface area contributed by atoms with Gasteiger partial charge >= 0.3 is 0 Å². The van der Waals surface area contributed by atoms with Gasteiger partial charge in [-0.15, -0.1) is 0 Å². The third kappa shape index (κ3) is 5.31. The molecule has 0 aromatic heterocycles. The first-order valence-electron chi connectivity index (χ1n) is 13.5. The van der Waals surface area contributed by atoms with Gasteiger partial charge in [-0.3, -0.25) is 9.69 Å². The maximum Gasteiger partial charge on any atom is 0.162 e. The van der Waals surface area contributed by atoms with Gasteiger partial charge in [0.2, 0.25) is 0 Å². The largest absolute Gasteiger partial charge is 0.384 e. The molecule has 204 valence electrons. The number of nitriles is 1. The van der Waals surface area contributed by atoms with Gasteiger partial charge in [-0.05, 0) is 66.1 Å². The fourth-order valence-electron chi connectivity index (χ4n) is 6.00. The number of rotatable bonds is 6. The number of anilines is 1. The molecule has 1 aliphatic heterocycles. The van der Waals surface area contributed by atoms with E-state index in [9.17, 15) is 14.4 Å². The minimum Gasteiger partial charge on any atom is -0.384 e. The number of benzene rings is 3. The molecule has 3 aromatic rings. The topological polar surface area (TPSA) is 70.1 Å². The Labute approximate surface area is 240 Å². The highest BCUT2D eigenvalue weighted by molar-refractivity contribution is 7.97. The van der Waals surface area contributed by atoms with Gasteiger partial charge in [-0.1, -0.05) is 67.9 Å². The van der Waals surface area contributed by atoms with Crippen LogP contribution in [0.2, 0.25) is 0 Å². The minimum absolute atomic E-state index is 0.0128. The summed E-state index contributed by atoms with van der Waals surface area (Å²) in [6, 6.07) is 23.2. The number of ketones is 1. The zero-order chi connectivity index (χ0) is 28.6. The van der Waals surface area contributed by atoms with Crippen LogP contribution in [0.5, 0.6) is 0 Å². The molecule has 0 amide bonds. The number of nitrogens with two attached hydrogens (primary N) is 1. The van der Waals surface area contributed by atoms with Gasteiger partial charge in [0.05, 0.1) is 23.2 Å². The number of allylic oxidation sites excluding steroid dienone is 3. The molecule has 1 unspecified atom stereocenters. The number of halogens is 1. The second-order valence-corrected chi connectivity index (χ2v) is 12.6. The highest BCUT2D eigenvalue weighted by atomic mass is 32.2. The van der Waals surface area contributed by atoms with Crippen LogP contribution in [-0.4, -0.2) is 5.78 Å². The lowest BCUT2D eigenvalue weighted by atomic mass is 9.68. The van der Waals surface area contributed by atoms with E-state index in [2.05, 4.69) is 70.2 Å². The molecule has 4 nitrogen and oxygen atoms in total. The number of hydrogen-bond donors (Lipinski definition) is 1. The Morgan fingerprint density at radius 1 is 1.05 bits per heavy atom. The molecule has 1 atom stereocenters. The molecule has 3 aromatic carbocycles. The summed E-state index contributed by atoms with van der Waals surface area (Å²) in [6.45, 7) is 8.26. The molecular weight excluding hydrogens is 517 g/mol. The van der Waals surface area contributed by atoms with E-state index in [-0.39, 0.29) is 17.0 Å². The summed E-state index contributed by atoms with van der Waals surface area (Å²) in [5, 5.41) is 10.5. The van der Waals surface area contributed by atoms with Crippen molar-refractivity contribution in [2.45, 2.75) is 58.0 Å². The highest BCUT2D eigenvalue weighted by Gasteiger charge is 2.45. The lowest BCUT2D eigenvalue weighted by Crippen LogP contribution is -2.42. The lowest BCUT2D eigenvalue weighted by Gasteiger charge is -2.44. The van der Waals surface area contributed by atoms with E-state index in [1.807, 2.05) is 17.8 Å². The molecule has 5 rings (SSSR count). The summed E-state index contributed by atoms with van der Waals surface area (Å²) < 4.78 is 14.3. The van der Waals surface area contributed by atoms with Crippen LogP contribution in [0.15, 0.2) is 89.4 Å². The van der Waals surface area contributed by atoms with Crippen molar-refractivity contribution < 1.29 is 9.18 Å². The predicted octanol–water partition coefficient (Wildman–Crippen LogP) is 7.82. The maximum absolute atomic E-state index is 14.3. The van der Waals surface area contributed by atoms with E-state index in [1.54, 1.807) is 17.0 Å². The molecule has 2 N–H and O–H groups in total. The molecule has 1 heterocycles. The van der Waals surface area contributed by atoms with E-state index in [0.29, 0.717) is 29.7 Å². The van der Waals surface area contributed by atoms with E-state index in [4.69, 9.17) is 5.73 Å². The number of Topliss-reactive ketones (excluding diaryl/α,β-unsaturated/α-hetero) is 1. The summed E-state index contributed by atoms with van der Waals surface area (Å²) in [4.78, 5) is 15.6. The summed E-state index contributed by atoms with van der Waals surface area (Å²) in [7, 11) is 0. The number of nitrogens with zero attached hydrogens (tertiary/aromatic N) is 2. The van der Waals surface area contributed by atoms with Crippen molar-refractivity contribution in [3.63, 3.8) is 0 Å². The monoisotopic (exact) mass is 551 g/mol. The SMILES string of the molecule is Cc1cc(CSCc2ccccc2)c(C)c(C2C(C#N)=C(N)N(c3cccc(F)c3)C3=C2C(=O)CC(C)(C)C3)c1. The van der Waals surface area contributed by atoms with Crippen LogP contribution in [0.25, 0.3) is 0 Å². The minimum atomic E-state index is -0.564. The Morgan fingerprint density at radius 3 is 2.50 bits per heavy atom.